The smallest absolute Gasteiger partial charge is 0.334 e. The fourth-order valence-electron chi connectivity index (χ4n) is 3.47. The van der Waals surface area contributed by atoms with Crippen LogP contribution in [0.4, 0.5) is 0 Å². The van der Waals surface area contributed by atoms with E-state index >= 15 is 0 Å². The molecule has 0 aromatic carbocycles. The molecule has 0 amide bonds. The van der Waals surface area contributed by atoms with Gasteiger partial charge >= 0.3 is 5.97 Å². The molecule has 0 aromatic rings. The first-order chi connectivity index (χ1) is 10.3. The minimum absolute atomic E-state index is 0.109. The van der Waals surface area contributed by atoms with E-state index in [2.05, 4.69) is 18.7 Å². The molecular weight excluding hydrogens is 260 g/mol. The molecule has 2 heteroatoms. The molecule has 0 unspecified atom stereocenters. The van der Waals surface area contributed by atoms with E-state index in [9.17, 15) is 4.79 Å². The Morgan fingerprint density at radius 3 is 2.19 bits per heavy atom. The van der Waals surface area contributed by atoms with Gasteiger partial charge in [0, 0.05) is 11.5 Å². The topological polar surface area (TPSA) is 26.3 Å². The third kappa shape index (κ3) is 5.33. The summed E-state index contributed by atoms with van der Waals surface area (Å²) in [7, 11) is 0. The van der Waals surface area contributed by atoms with Gasteiger partial charge in [-0.25, -0.2) is 4.79 Å². The van der Waals surface area contributed by atoms with Gasteiger partial charge in [0.15, 0.2) is 0 Å². The van der Waals surface area contributed by atoms with Gasteiger partial charge in [-0.05, 0) is 44.9 Å². The molecule has 1 aliphatic carbocycles. The molecule has 1 saturated heterocycles. The van der Waals surface area contributed by atoms with Crippen LogP contribution in [-0.4, -0.2) is 12.1 Å². The van der Waals surface area contributed by atoms with Gasteiger partial charge in [-0.1, -0.05) is 50.8 Å². The van der Waals surface area contributed by atoms with Crippen LogP contribution in [0.1, 0.15) is 77.0 Å². The first-order valence-corrected chi connectivity index (χ1v) is 8.84. The SMILES string of the molecule is C=C1C(=O)O[C@H]2CCCCCCC/C=C\CCCCC[C@@H]12. The quantitative estimate of drug-likeness (QED) is 0.342. The van der Waals surface area contributed by atoms with Crippen LogP contribution in [-0.2, 0) is 9.53 Å². The normalized spacial score (nSPS) is 31.4. The number of ether oxygens (including phenoxy) is 1. The first-order valence-electron chi connectivity index (χ1n) is 8.84. The lowest BCUT2D eigenvalue weighted by Gasteiger charge is -2.17. The van der Waals surface area contributed by atoms with Crippen LogP contribution >= 0.6 is 0 Å². The lowest BCUT2D eigenvalue weighted by Crippen LogP contribution is -2.16. The molecule has 1 heterocycles. The van der Waals surface area contributed by atoms with Gasteiger partial charge < -0.3 is 4.74 Å². The average molecular weight is 290 g/mol. The van der Waals surface area contributed by atoms with Crippen molar-refractivity contribution in [2.75, 3.05) is 0 Å². The number of carbonyl (C=O) groups excluding carboxylic acids is 1. The number of esters is 1. The summed E-state index contributed by atoms with van der Waals surface area (Å²) < 4.78 is 5.53. The van der Waals surface area contributed by atoms with Crippen LogP contribution in [0.25, 0.3) is 0 Å². The predicted octanol–water partition coefficient (Wildman–Crippen LogP) is 5.34. The van der Waals surface area contributed by atoms with E-state index in [4.69, 9.17) is 4.74 Å². The van der Waals surface area contributed by atoms with E-state index in [-0.39, 0.29) is 18.0 Å². The van der Waals surface area contributed by atoms with E-state index < -0.39 is 0 Å². The second-order valence-corrected chi connectivity index (χ2v) is 6.53. The Kier molecular flexibility index (Phi) is 7.05. The molecule has 0 saturated carbocycles. The number of allylic oxidation sites excluding steroid dienone is 2. The molecule has 0 aromatic heterocycles. The van der Waals surface area contributed by atoms with Crippen molar-refractivity contribution in [1.29, 1.82) is 0 Å². The van der Waals surface area contributed by atoms with Crippen molar-refractivity contribution in [3.05, 3.63) is 24.3 Å². The number of hydrogen-bond donors (Lipinski definition) is 0. The van der Waals surface area contributed by atoms with Crippen LogP contribution in [0.5, 0.6) is 0 Å². The Hall–Kier alpha value is -1.05. The second kappa shape index (κ2) is 9.07. The molecule has 0 N–H and O–H groups in total. The minimum atomic E-state index is -0.147. The molecule has 2 rings (SSSR count). The highest BCUT2D eigenvalue weighted by atomic mass is 16.6. The van der Waals surface area contributed by atoms with Crippen LogP contribution in [0.2, 0.25) is 0 Å². The maximum Gasteiger partial charge on any atom is 0.334 e. The van der Waals surface area contributed by atoms with Crippen molar-refractivity contribution in [3.63, 3.8) is 0 Å². The van der Waals surface area contributed by atoms with Crippen LogP contribution < -0.4 is 0 Å². The molecule has 2 aliphatic rings. The highest BCUT2D eigenvalue weighted by Crippen LogP contribution is 2.34. The monoisotopic (exact) mass is 290 g/mol. The Bertz CT molecular complexity index is 370. The molecule has 1 fully saturated rings. The fourth-order valence-corrected chi connectivity index (χ4v) is 3.47. The summed E-state index contributed by atoms with van der Waals surface area (Å²) in [5.41, 5.74) is 0.723. The number of carbonyl (C=O) groups is 1. The van der Waals surface area contributed by atoms with Gasteiger partial charge in [0.05, 0.1) is 0 Å². The van der Waals surface area contributed by atoms with Gasteiger partial charge in [0.25, 0.3) is 0 Å². The second-order valence-electron chi connectivity index (χ2n) is 6.53. The number of fused-ring (bicyclic) bond motifs is 1. The lowest BCUT2D eigenvalue weighted by molar-refractivity contribution is -0.139. The Morgan fingerprint density at radius 2 is 1.43 bits per heavy atom. The zero-order valence-electron chi connectivity index (χ0n) is 13.3. The Balaban J connectivity index is 1.85. The lowest BCUT2D eigenvalue weighted by atomic mass is 9.88. The van der Waals surface area contributed by atoms with Crippen molar-refractivity contribution >= 4 is 5.97 Å². The summed E-state index contributed by atoms with van der Waals surface area (Å²) in [6, 6.07) is 0. The predicted molar refractivity (Wildman–Crippen MR) is 87.1 cm³/mol. The third-order valence-corrected chi connectivity index (χ3v) is 4.83. The Morgan fingerprint density at radius 1 is 0.857 bits per heavy atom. The zero-order valence-corrected chi connectivity index (χ0v) is 13.3. The van der Waals surface area contributed by atoms with E-state index in [0.29, 0.717) is 0 Å². The molecule has 0 spiro atoms. The summed E-state index contributed by atoms with van der Waals surface area (Å²) in [6.45, 7) is 3.96. The van der Waals surface area contributed by atoms with Gasteiger partial charge in [-0.3, -0.25) is 0 Å². The van der Waals surface area contributed by atoms with Crippen molar-refractivity contribution in [2.45, 2.75) is 83.2 Å². The minimum Gasteiger partial charge on any atom is -0.458 e. The average Bonchev–Trinajstić information content (AvgIpc) is 2.73. The zero-order chi connectivity index (χ0) is 14.9. The standard InChI is InChI=1S/C19H30O2/c1-16-17-14-12-10-8-6-4-2-3-5-7-9-11-13-15-18(17)21-19(16)20/h2,4,17-18H,1,3,5-15H2/b4-2-/t17-,18-/m0/s1. The van der Waals surface area contributed by atoms with Crippen LogP contribution in [0, 0.1) is 5.92 Å². The molecule has 21 heavy (non-hydrogen) atoms. The fraction of sp³-hybridized carbons (Fsp3) is 0.737. The summed E-state index contributed by atoms with van der Waals surface area (Å²) in [5, 5.41) is 0. The number of hydrogen-bond acceptors (Lipinski definition) is 2. The number of rotatable bonds is 0. The maximum atomic E-state index is 11.7. The van der Waals surface area contributed by atoms with Crippen molar-refractivity contribution in [3.8, 4) is 0 Å². The highest BCUT2D eigenvalue weighted by Gasteiger charge is 2.37. The van der Waals surface area contributed by atoms with Crippen LogP contribution in [0.15, 0.2) is 24.3 Å². The summed E-state index contributed by atoms with van der Waals surface area (Å²) >= 11 is 0. The van der Waals surface area contributed by atoms with E-state index in [1.807, 2.05) is 0 Å². The van der Waals surface area contributed by atoms with E-state index in [0.717, 1.165) is 18.4 Å². The maximum absolute atomic E-state index is 11.7. The molecule has 0 bridgehead atoms. The Labute approximate surface area is 129 Å². The molecule has 2 nitrogen and oxygen atoms in total. The summed E-state index contributed by atoms with van der Waals surface area (Å²) in [6.07, 6.45) is 19.4. The van der Waals surface area contributed by atoms with Gasteiger partial charge in [-0.15, -0.1) is 0 Å². The van der Waals surface area contributed by atoms with E-state index in [1.165, 1.54) is 64.2 Å². The molecule has 118 valence electrons. The summed E-state index contributed by atoms with van der Waals surface area (Å²) in [4.78, 5) is 11.7. The van der Waals surface area contributed by atoms with Gasteiger partial charge in [-0.2, -0.15) is 0 Å². The third-order valence-electron chi connectivity index (χ3n) is 4.83. The molecule has 0 radical (unpaired) electrons. The van der Waals surface area contributed by atoms with Crippen molar-refractivity contribution in [1.82, 2.24) is 0 Å². The van der Waals surface area contributed by atoms with Gasteiger partial charge in [0.2, 0.25) is 0 Å². The molecule has 1 aliphatic heterocycles. The largest absolute Gasteiger partial charge is 0.458 e. The first kappa shape index (κ1) is 16.3. The van der Waals surface area contributed by atoms with E-state index in [1.54, 1.807) is 0 Å². The van der Waals surface area contributed by atoms with Crippen LogP contribution in [0.3, 0.4) is 0 Å². The summed E-state index contributed by atoms with van der Waals surface area (Å²) in [5.74, 6) is 0.131. The molecular formula is C19H30O2. The van der Waals surface area contributed by atoms with Gasteiger partial charge in [0.1, 0.15) is 6.10 Å². The van der Waals surface area contributed by atoms with Crippen molar-refractivity contribution in [2.24, 2.45) is 5.92 Å². The highest BCUT2D eigenvalue weighted by molar-refractivity contribution is 5.90. The van der Waals surface area contributed by atoms with Crippen molar-refractivity contribution < 1.29 is 9.53 Å². The molecule has 2 atom stereocenters.